The maximum Gasteiger partial charge on any atom is 0.252 e. The maximum absolute atomic E-state index is 13.6. The molecule has 26 heavy (non-hydrogen) atoms. The summed E-state index contributed by atoms with van der Waals surface area (Å²) in [4.78, 5) is 29.6. The normalized spacial score (nSPS) is 24.0. The van der Waals surface area contributed by atoms with Crippen LogP contribution in [-0.4, -0.2) is 67.4 Å². The van der Waals surface area contributed by atoms with E-state index in [1.54, 1.807) is 0 Å². The Hall–Kier alpha value is -2.29. The Morgan fingerprint density at radius 3 is 2.81 bits per heavy atom. The molecule has 2 saturated heterocycles. The Bertz CT molecular complexity index is 878. The summed E-state index contributed by atoms with van der Waals surface area (Å²) in [6.07, 6.45) is 0. The second kappa shape index (κ2) is 7.14. The van der Waals surface area contributed by atoms with Gasteiger partial charge in [0.1, 0.15) is 5.82 Å². The average molecular weight is 361 g/mol. The molecule has 0 unspecified atom stereocenters. The van der Waals surface area contributed by atoms with Crippen LogP contribution >= 0.6 is 0 Å². The van der Waals surface area contributed by atoms with Crippen LogP contribution in [-0.2, 0) is 9.47 Å². The third-order valence-corrected chi connectivity index (χ3v) is 4.93. The lowest BCUT2D eigenvalue weighted by Gasteiger charge is -2.34. The van der Waals surface area contributed by atoms with Gasteiger partial charge >= 0.3 is 0 Å². The van der Waals surface area contributed by atoms with Crippen molar-refractivity contribution in [3.8, 4) is 0 Å². The fourth-order valence-electron chi connectivity index (χ4n) is 3.61. The van der Waals surface area contributed by atoms with E-state index in [1.807, 2.05) is 0 Å². The quantitative estimate of drug-likeness (QED) is 0.832. The number of amides is 1. The number of fused-ring (bicyclic) bond motifs is 1. The van der Waals surface area contributed by atoms with Crippen LogP contribution in [0.5, 0.6) is 0 Å². The van der Waals surface area contributed by atoms with Gasteiger partial charge in [0.2, 0.25) is 5.56 Å². The van der Waals surface area contributed by atoms with E-state index >= 15 is 0 Å². The summed E-state index contributed by atoms with van der Waals surface area (Å²) in [6.45, 7) is 3.85. The molecule has 2 fully saturated rings. The predicted molar refractivity (Wildman–Crippen MR) is 92.8 cm³/mol. The van der Waals surface area contributed by atoms with Gasteiger partial charge in [0.15, 0.2) is 0 Å². The molecule has 2 N–H and O–H groups in total. The number of aromatic nitrogens is 1. The number of H-pyrrole nitrogens is 1. The fourth-order valence-corrected chi connectivity index (χ4v) is 3.61. The van der Waals surface area contributed by atoms with Crippen LogP contribution in [0.25, 0.3) is 10.9 Å². The zero-order chi connectivity index (χ0) is 18.1. The zero-order valence-electron chi connectivity index (χ0n) is 14.2. The van der Waals surface area contributed by atoms with Gasteiger partial charge in [-0.1, -0.05) is 0 Å². The molecule has 1 amide bonds. The number of hydrogen-bond acceptors (Lipinski definition) is 5. The first-order valence-corrected chi connectivity index (χ1v) is 8.65. The number of morpholine rings is 1. The van der Waals surface area contributed by atoms with Gasteiger partial charge in [-0.15, -0.1) is 0 Å². The molecule has 0 saturated carbocycles. The van der Waals surface area contributed by atoms with Crippen LogP contribution in [0.2, 0.25) is 0 Å². The van der Waals surface area contributed by atoms with Crippen LogP contribution in [0, 0.1) is 5.82 Å². The summed E-state index contributed by atoms with van der Waals surface area (Å²) >= 11 is 0. The largest absolute Gasteiger partial charge is 0.379 e. The molecular formula is C18H20FN3O4. The molecule has 0 spiro atoms. The molecule has 2 atom stereocenters. The molecule has 2 aliphatic rings. The molecule has 138 valence electrons. The minimum atomic E-state index is -0.464. The molecule has 1 aromatic carbocycles. The van der Waals surface area contributed by atoms with E-state index in [-0.39, 0.29) is 17.6 Å². The fraction of sp³-hybridized carbons (Fsp3) is 0.444. The molecule has 2 aromatic rings. The molecule has 0 bridgehead atoms. The van der Waals surface area contributed by atoms with E-state index in [4.69, 9.17) is 9.47 Å². The smallest absolute Gasteiger partial charge is 0.252 e. The average Bonchev–Trinajstić information content (AvgIpc) is 3.10. The number of ether oxygens (including phenoxy) is 2. The predicted octanol–water partition coefficient (Wildman–Crippen LogP) is 0.497. The molecule has 8 heteroatoms. The summed E-state index contributed by atoms with van der Waals surface area (Å²) in [5, 5.41) is 3.34. The van der Waals surface area contributed by atoms with Crippen molar-refractivity contribution in [1.82, 2.24) is 15.2 Å². The SMILES string of the molecule is O=C(N[C@@H]1COC[C@H]1N1CCOCC1)c1cc(=O)[nH]c2ccc(F)cc12. The Balaban J connectivity index is 1.59. The summed E-state index contributed by atoms with van der Waals surface area (Å²) in [5.41, 5.74) is 0.189. The second-order valence-electron chi connectivity index (χ2n) is 6.57. The van der Waals surface area contributed by atoms with Gasteiger partial charge in [-0.05, 0) is 18.2 Å². The van der Waals surface area contributed by atoms with Gasteiger partial charge in [-0.25, -0.2) is 4.39 Å². The minimum absolute atomic E-state index is 0.0628. The second-order valence-corrected chi connectivity index (χ2v) is 6.57. The lowest BCUT2D eigenvalue weighted by atomic mass is 10.1. The van der Waals surface area contributed by atoms with Crippen molar-refractivity contribution in [2.45, 2.75) is 12.1 Å². The molecule has 0 aliphatic carbocycles. The van der Waals surface area contributed by atoms with Gasteiger partial charge in [-0.2, -0.15) is 0 Å². The number of rotatable bonds is 3. The maximum atomic E-state index is 13.6. The van der Waals surface area contributed by atoms with Gasteiger partial charge in [-0.3, -0.25) is 14.5 Å². The van der Waals surface area contributed by atoms with Crippen LogP contribution in [0.4, 0.5) is 4.39 Å². The van der Waals surface area contributed by atoms with E-state index in [0.717, 1.165) is 13.1 Å². The molecule has 1 aromatic heterocycles. The van der Waals surface area contributed by atoms with Crippen molar-refractivity contribution in [2.75, 3.05) is 39.5 Å². The number of carbonyl (C=O) groups excluding carboxylic acids is 1. The van der Waals surface area contributed by atoms with Crippen molar-refractivity contribution >= 4 is 16.8 Å². The summed E-state index contributed by atoms with van der Waals surface area (Å²) in [7, 11) is 0. The number of aromatic amines is 1. The Morgan fingerprint density at radius 2 is 2.00 bits per heavy atom. The highest BCUT2D eigenvalue weighted by atomic mass is 19.1. The van der Waals surface area contributed by atoms with Crippen LogP contribution < -0.4 is 10.9 Å². The number of nitrogens with one attached hydrogen (secondary N) is 2. The standard InChI is InChI=1S/C18H20FN3O4/c19-11-1-2-14-12(7-11)13(8-17(23)20-14)18(24)21-15-9-26-10-16(15)22-3-5-25-6-4-22/h1-2,7-8,15-16H,3-6,9-10H2,(H,20,23)(H,21,24)/t15-,16-/m1/s1. The molecule has 7 nitrogen and oxygen atoms in total. The first-order chi connectivity index (χ1) is 12.6. The van der Waals surface area contributed by atoms with Gasteiger partial charge in [0, 0.05) is 30.1 Å². The van der Waals surface area contributed by atoms with Gasteiger partial charge in [0.05, 0.1) is 44.1 Å². The zero-order valence-corrected chi connectivity index (χ0v) is 14.2. The van der Waals surface area contributed by atoms with E-state index in [2.05, 4.69) is 15.2 Å². The summed E-state index contributed by atoms with van der Waals surface area (Å²) < 4.78 is 24.6. The van der Waals surface area contributed by atoms with Crippen molar-refractivity contribution in [1.29, 1.82) is 0 Å². The molecule has 4 rings (SSSR count). The van der Waals surface area contributed by atoms with Crippen LogP contribution in [0.3, 0.4) is 0 Å². The summed E-state index contributed by atoms with van der Waals surface area (Å²) in [5.74, 6) is -0.866. The third kappa shape index (κ3) is 3.35. The number of hydrogen-bond donors (Lipinski definition) is 2. The van der Waals surface area contributed by atoms with Crippen molar-refractivity contribution in [2.24, 2.45) is 0 Å². The minimum Gasteiger partial charge on any atom is -0.379 e. The molecular weight excluding hydrogens is 341 g/mol. The van der Waals surface area contributed by atoms with Gasteiger partial charge in [0.25, 0.3) is 5.91 Å². The first kappa shape index (κ1) is 17.1. The van der Waals surface area contributed by atoms with E-state index < -0.39 is 17.3 Å². The van der Waals surface area contributed by atoms with E-state index in [0.29, 0.717) is 37.3 Å². The topological polar surface area (TPSA) is 83.7 Å². The molecule has 0 radical (unpaired) electrons. The van der Waals surface area contributed by atoms with E-state index in [9.17, 15) is 14.0 Å². The van der Waals surface area contributed by atoms with Crippen molar-refractivity contribution in [3.63, 3.8) is 0 Å². The molecule has 3 heterocycles. The van der Waals surface area contributed by atoms with Crippen LogP contribution in [0.15, 0.2) is 29.1 Å². The highest BCUT2D eigenvalue weighted by Gasteiger charge is 2.35. The van der Waals surface area contributed by atoms with Gasteiger partial charge < -0.3 is 19.8 Å². The van der Waals surface area contributed by atoms with E-state index in [1.165, 1.54) is 24.3 Å². The van der Waals surface area contributed by atoms with Crippen molar-refractivity contribution in [3.05, 3.63) is 46.0 Å². The Kier molecular flexibility index (Phi) is 4.71. The van der Waals surface area contributed by atoms with Crippen molar-refractivity contribution < 1.29 is 18.7 Å². The molecule has 2 aliphatic heterocycles. The number of carbonyl (C=O) groups is 1. The number of halogens is 1. The summed E-state index contributed by atoms with van der Waals surface area (Å²) in [6, 6.07) is 5.04. The first-order valence-electron chi connectivity index (χ1n) is 8.65. The van der Waals surface area contributed by atoms with Crippen LogP contribution in [0.1, 0.15) is 10.4 Å². The Morgan fingerprint density at radius 1 is 1.19 bits per heavy atom. The highest BCUT2D eigenvalue weighted by Crippen LogP contribution is 2.19. The number of nitrogens with zero attached hydrogens (tertiary/aromatic N) is 1. The lowest BCUT2D eigenvalue weighted by Crippen LogP contribution is -2.54. The number of pyridine rings is 1. The third-order valence-electron chi connectivity index (χ3n) is 4.93. The number of benzene rings is 1. The highest BCUT2D eigenvalue weighted by molar-refractivity contribution is 6.06. The lowest BCUT2D eigenvalue weighted by molar-refractivity contribution is 0.0108. The monoisotopic (exact) mass is 361 g/mol. The Labute approximate surface area is 149 Å².